The Balaban J connectivity index is 2.30. The number of nitrogens with two attached hydrogens (primary N) is 1. The molecule has 26 heavy (non-hydrogen) atoms. The Morgan fingerprint density at radius 3 is 2.35 bits per heavy atom. The van der Waals surface area contributed by atoms with Gasteiger partial charge in [0.25, 0.3) is 5.91 Å². The van der Waals surface area contributed by atoms with Gasteiger partial charge in [-0.3, -0.25) is 13.9 Å². The van der Waals surface area contributed by atoms with Gasteiger partial charge in [0.05, 0.1) is 23.2 Å². The van der Waals surface area contributed by atoms with Gasteiger partial charge in [0.1, 0.15) is 6.54 Å². The van der Waals surface area contributed by atoms with Crippen molar-refractivity contribution in [2.24, 2.45) is 5.73 Å². The van der Waals surface area contributed by atoms with Crippen molar-refractivity contribution in [2.75, 3.05) is 22.4 Å². The second kappa shape index (κ2) is 7.57. The summed E-state index contributed by atoms with van der Waals surface area (Å²) in [5.74, 6) is -1.26. The maximum Gasteiger partial charge on any atom is 0.250 e. The van der Waals surface area contributed by atoms with Crippen LogP contribution in [0.4, 0.5) is 11.4 Å². The zero-order valence-corrected chi connectivity index (χ0v) is 15.6. The molecule has 0 heterocycles. The van der Waals surface area contributed by atoms with Crippen LogP contribution in [0.1, 0.15) is 21.5 Å². The van der Waals surface area contributed by atoms with E-state index < -0.39 is 28.4 Å². The van der Waals surface area contributed by atoms with Crippen molar-refractivity contribution in [3.8, 4) is 0 Å². The number of amides is 2. The number of sulfonamides is 1. The van der Waals surface area contributed by atoms with Gasteiger partial charge in [-0.1, -0.05) is 29.8 Å². The molecule has 0 aliphatic heterocycles. The van der Waals surface area contributed by atoms with Crippen LogP contribution in [0.5, 0.6) is 0 Å². The molecule has 138 valence electrons. The molecule has 0 aliphatic rings. The summed E-state index contributed by atoms with van der Waals surface area (Å²) in [6, 6.07) is 11.6. The van der Waals surface area contributed by atoms with Crippen molar-refractivity contribution >= 4 is 33.2 Å². The number of para-hydroxylation sites is 1. The number of carbonyl (C=O) groups is 2. The molecule has 0 saturated carbocycles. The molecule has 2 aromatic rings. The highest BCUT2D eigenvalue weighted by Gasteiger charge is 2.23. The predicted octanol–water partition coefficient (Wildman–Crippen LogP) is 1.81. The Morgan fingerprint density at radius 1 is 1.12 bits per heavy atom. The number of rotatable bonds is 6. The summed E-state index contributed by atoms with van der Waals surface area (Å²) < 4.78 is 25.4. The summed E-state index contributed by atoms with van der Waals surface area (Å²) in [6.07, 6.45) is 1.04. The number of carbonyl (C=O) groups excluding carboxylic acids is 2. The van der Waals surface area contributed by atoms with Gasteiger partial charge in [-0.25, -0.2) is 8.42 Å². The van der Waals surface area contributed by atoms with E-state index in [1.807, 2.05) is 13.0 Å². The molecule has 2 rings (SSSR count). The first kappa shape index (κ1) is 19.5. The average Bonchev–Trinajstić information content (AvgIpc) is 2.52. The Labute approximate surface area is 152 Å². The van der Waals surface area contributed by atoms with Gasteiger partial charge in [0.2, 0.25) is 15.9 Å². The molecule has 2 amide bonds. The van der Waals surface area contributed by atoms with Gasteiger partial charge in [-0.05, 0) is 37.6 Å². The molecule has 0 atom stereocenters. The van der Waals surface area contributed by atoms with Crippen molar-refractivity contribution in [1.29, 1.82) is 0 Å². The average molecular weight is 375 g/mol. The molecular formula is C18H21N3O4S. The number of nitrogens with zero attached hydrogens (tertiary/aromatic N) is 1. The zero-order chi connectivity index (χ0) is 19.5. The fraction of sp³-hybridized carbons (Fsp3) is 0.222. The van der Waals surface area contributed by atoms with Crippen molar-refractivity contribution < 1.29 is 18.0 Å². The minimum Gasteiger partial charge on any atom is -0.366 e. The zero-order valence-electron chi connectivity index (χ0n) is 14.8. The van der Waals surface area contributed by atoms with Crippen molar-refractivity contribution in [3.63, 3.8) is 0 Å². The van der Waals surface area contributed by atoms with Gasteiger partial charge in [-0.15, -0.1) is 0 Å². The third kappa shape index (κ3) is 4.60. The third-order valence-corrected chi connectivity index (χ3v) is 4.90. The van der Waals surface area contributed by atoms with Gasteiger partial charge < -0.3 is 11.1 Å². The fourth-order valence-electron chi connectivity index (χ4n) is 2.59. The monoisotopic (exact) mass is 375 g/mol. The molecule has 3 N–H and O–H groups in total. The van der Waals surface area contributed by atoms with Gasteiger partial charge in [0.15, 0.2) is 0 Å². The Hall–Kier alpha value is -2.87. The van der Waals surface area contributed by atoms with Crippen molar-refractivity contribution in [3.05, 3.63) is 59.2 Å². The second-order valence-electron chi connectivity index (χ2n) is 6.02. The smallest absolute Gasteiger partial charge is 0.250 e. The quantitative estimate of drug-likeness (QED) is 0.802. The number of benzene rings is 2. The van der Waals surface area contributed by atoms with E-state index in [2.05, 4.69) is 5.32 Å². The van der Waals surface area contributed by atoms with Crippen LogP contribution < -0.4 is 15.4 Å². The number of anilines is 2. The normalized spacial score (nSPS) is 11.0. The van der Waals surface area contributed by atoms with E-state index in [9.17, 15) is 18.0 Å². The molecule has 0 spiro atoms. The molecular weight excluding hydrogens is 354 g/mol. The Kier molecular flexibility index (Phi) is 5.66. The first-order valence-corrected chi connectivity index (χ1v) is 9.68. The molecule has 7 nitrogen and oxygen atoms in total. The van der Waals surface area contributed by atoms with Gasteiger partial charge >= 0.3 is 0 Å². The number of hydrogen-bond donors (Lipinski definition) is 2. The highest BCUT2D eigenvalue weighted by Crippen LogP contribution is 2.24. The predicted molar refractivity (Wildman–Crippen MR) is 102 cm³/mol. The van der Waals surface area contributed by atoms with Crippen LogP contribution in [0, 0.1) is 13.8 Å². The SMILES string of the molecule is Cc1ccc(N(CC(=O)Nc2ccccc2C(N)=O)S(C)(=O)=O)c(C)c1. The van der Waals surface area contributed by atoms with Crippen molar-refractivity contribution in [1.82, 2.24) is 0 Å². The van der Waals surface area contributed by atoms with E-state index in [4.69, 9.17) is 5.73 Å². The van der Waals surface area contributed by atoms with E-state index in [1.54, 1.807) is 31.2 Å². The summed E-state index contributed by atoms with van der Waals surface area (Å²) in [7, 11) is -3.69. The van der Waals surface area contributed by atoms with Crippen LogP contribution in [0.15, 0.2) is 42.5 Å². The number of primary amides is 1. The molecule has 0 aromatic heterocycles. The van der Waals surface area contributed by atoms with Crippen LogP contribution in [0.3, 0.4) is 0 Å². The maximum absolute atomic E-state index is 12.4. The lowest BCUT2D eigenvalue weighted by molar-refractivity contribution is -0.114. The Morgan fingerprint density at radius 2 is 1.77 bits per heavy atom. The van der Waals surface area contributed by atoms with Gasteiger partial charge in [0, 0.05) is 0 Å². The Bertz CT molecular complexity index is 955. The molecule has 0 unspecified atom stereocenters. The summed E-state index contributed by atoms with van der Waals surface area (Å²) in [4.78, 5) is 23.9. The number of nitrogens with one attached hydrogen (secondary N) is 1. The topological polar surface area (TPSA) is 110 Å². The van der Waals surface area contributed by atoms with E-state index >= 15 is 0 Å². The van der Waals surface area contributed by atoms with Gasteiger partial charge in [-0.2, -0.15) is 0 Å². The molecule has 0 bridgehead atoms. The minimum absolute atomic E-state index is 0.151. The highest BCUT2D eigenvalue weighted by atomic mass is 32.2. The highest BCUT2D eigenvalue weighted by molar-refractivity contribution is 7.92. The van der Waals surface area contributed by atoms with Crippen LogP contribution in [-0.2, 0) is 14.8 Å². The third-order valence-electron chi connectivity index (χ3n) is 3.78. The molecule has 0 fully saturated rings. The van der Waals surface area contributed by atoms with E-state index in [0.717, 1.165) is 21.7 Å². The largest absolute Gasteiger partial charge is 0.366 e. The van der Waals surface area contributed by atoms with Crippen molar-refractivity contribution in [2.45, 2.75) is 13.8 Å². The van der Waals surface area contributed by atoms with Crippen LogP contribution in [0.2, 0.25) is 0 Å². The maximum atomic E-state index is 12.4. The number of hydrogen-bond acceptors (Lipinski definition) is 4. The molecule has 8 heteroatoms. The van der Waals surface area contributed by atoms with E-state index in [-0.39, 0.29) is 11.3 Å². The van der Waals surface area contributed by atoms with Crippen LogP contribution >= 0.6 is 0 Å². The first-order chi connectivity index (χ1) is 12.1. The lowest BCUT2D eigenvalue weighted by atomic mass is 10.1. The molecule has 0 saturated heterocycles. The van der Waals surface area contributed by atoms with Crippen LogP contribution in [-0.4, -0.2) is 33.0 Å². The minimum atomic E-state index is -3.69. The molecule has 0 radical (unpaired) electrons. The molecule has 2 aromatic carbocycles. The molecule has 0 aliphatic carbocycles. The van der Waals surface area contributed by atoms with E-state index in [1.165, 1.54) is 12.1 Å². The lowest BCUT2D eigenvalue weighted by Crippen LogP contribution is -2.38. The fourth-order valence-corrected chi connectivity index (χ4v) is 3.51. The summed E-state index contributed by atoms with van der Waals surface area (Å²) in [6.45, 7) is 3.26. The summed E-state index contributed by atoms with van der Waals surface area (Å²) in [5, 5.41) is 2.55. The second-order valence-corrected chi connectivity index (χ2v) is 7.92. The summed E-state index contributed by atoms with van der Waals surface area (Å²) in [5.41, 5.74) is 7.83. The van der Waals surface area contributed by atoms with E-state index in [0.29, 0.717) is 5.69 Å². The lowest BCUT2D eigenvalue weighted by Gasteiger charge is -2.24. The van der Waals surface area contributed by atoms with Crippen LogP contribution in [0.25, 0.3) is 0 Å². The number of aryl methyl sites for hydroxylation is 2. The summed E-state index contributed by atoms with van der Waals surface area (Å²) >= 11 is 0. The first-order valence-electron chi connectivity index (χ1n) is 7.83. The standard InChI is InChI=1S/C18H21N3O4S/c1-12-8-9-16(13(2)10-12)21(26(3,24)25)11-17(22)20-15-7-5-4-6-14(15)18(19)23/h4-10H,11H2,1-3H3,(H2,19,23)(H,20,22).